The maximum Gasteiger partial charge on any atom is 0.191 e. The molecule has 2 N–H and O–H groups in total. The van der Waals surface area contributed by atoms with Crippen LogP contribution in [0.15, 0.2) is 29.3 Å². The zero-order valence-corrected chi connectivity index (χ0v) is 17.7. The van der Waals surface area contributed by atoms with Gasteiger partial charge in [-0.2, -0.15) is 0 Å². The van der Waals surface area contributed by atoms with E-state index in [9.17, 15) is 0 Å². The minimum absolute atomic E-state index is 0.334. The van der Waals surface area contributed by atoms with E-state index in [1.807, 2.05) is 0 Å². The average Bonchev–Trinajstić information content (AvgIpc) is 2.72. The van der Waals surface area contributed by atoms with Crippen molar-refractivity contribution in [3.63, 3.8) is 0 Å². The van der Waals surface area contributed by atoms with Crippen molar-refractivity contribution in [3.8, 4) is 0 Å². The molecule has 6 nitrogen and oxygen atoms in total. The van der Waals surface area contributed by atoms with E-state index in [1.165, 1.54) is 11.1 Å². The highest BCUT2D eigenvalue weighted by atomic mass is 16.5. The molecule has 6 heteroatoms. The third kappa shape index (κ3) is 9.53. The van der Waals surface area contributed by atoms with Gasteiger partial charge in [-0.1, -0.05) is 38.1 Å². The summed E-state index contributed by atoms with van der Waals surface area (Å²) >= 11 is 0. The van der Waals surface area contributed by atoms with E-state index in [2.05, 4.69) is 53.7 Å². The van der Waals surface area contributed by atoms with Gasteiger partial charge in [0, 0.05) is 46.6 Å². The lowest BCUT2D eigenvalue weighted by Gasteiger charge is -2.22. The van der Waals surface area contributed by atoms with Crippen LogP contribution in [0.2, 0.25) is 0 Å². The Bertz CT molecular complexity index is 555. The van der Waals surface area contributed by atoms with Crippen molar-refractivity contribution in [3.05, 3.63) is 35.4 Å². The molecular weight excluding hydrogens is 354 g/mol. The maximum absolute atomic E-state index is 5.97. The van der Waals surface area contributed by atoms with E-state index in [-0.39, 0.29) is 0 Å². The third-order valence-corrected chi connectivity index (χ3v) is 4.57. The van der Waals surface area contributed by atoms with Gasteiger partial charge < -0.3 is 24.8 Å². The number of hydrogen-bond donors (Lipinski definition) is 2. The lowest BCUT2D eigenvalue weighted by Crippen LogP contribution is -2.37. The fraction of sp³-hybridized carbons (Fsp3) is 0.682. The predicted molar refractivity (Wildman–Crippen MR) is 114 cm³/mol. The van der Waals surface area contributed by atoms with Gasteiger partial charge >= 0.3 is 0 Å². The van der Waals surface area contributed by atoms with Crippen LogP contribution >= 0.6 is 0 Å². The van der Waals surface area contributed by atoms with Crippen LogP contribution in [0.1, 0.15) is 44.2 Å². The van der Waals surface area contributed by atoms with Gasteiger partial charge in [-0.25, -0.2) is 0 Å². The molecule has 0 unspecified atom stereocenters. The number of aliphatic imine (C=N–C) groups is 1. The Labute approximate surface area is 170 Å². The Morgan fingerprint density at radius 3 is 2.54 bits per heavy atom. The fourth-order valence-corrected chi connectivity index (χ4v) is 2.92. The SMILES string of the molecule is CN=C(NCCCOCC(C)C)NCc1ccc(COC2CCOCC2)cc1. The second-order valence-electron chi connectivity index (χ2n) is 7.61. The quantitative estimate of drug-likeness (QED) is 0.345. The molecule has 1 aromatic carbocycles. The molecule has 0 amide bonds. The van der Waals surface area contributed by atoms with Crippen molar-refractivity contribution in [1.29, 1.82) is 0 Å². The Hall–Kier alpha value is -1.63. The van der Waals surface area contributed by atoms with Gasteiger partial charge in [0.15, 0.2) is 5.96 Å². The van der Waals surface area contributed by atoms with Crippen molar-refractivity contribution in [2.75, 3.05) is 40.0 Å². The molecule has 0 radical (unpaired) electrons. The second-order valence-corrected chi connectivity index (χ2v) is 7.61. The van der Waals surface area contributed by atoms with Gasteiger partial charge in [0.1, 0.15) is 0 Å². The Balaban J connectivity index is 1.61. The molecule has 0 saturated carbocycles. The lowest BCUT2D eigenvalue weighted by atomic mass is 10.1. The summed E-state index contributed by atoms with van der Waals surface area (Å²) in [5.41, 5.74) is 2.43. The number of nitrogens with one attached hydrogen (secondary N) is 2. The predicted octanol–water partition coefficient (Wildman–Crippen LogP) is 3.11. The Morgan fingerprint density at radius 1 is 1.14 bits per heavy atom. The summed E-state index contributed by atoms with van der Waals surface area (Å²) in [7, 11) is 1.79. The summed E-state index contributed by atoms with van der Waals surface area (Å²) in [5.74, 6) is 1.40. The van der Waals surface area contributed by atoms with Crippen LogP contribution in [-0.2, 0) is 27.4 Å². The maximum atomic E-state index is 5.97. The highest BCUT2D eigenvalue weighted by Crippen LogP contribution is 2.14. The first-order chi connectivity index (χ1) is 13.7. The molecule has 28 heavy (non-hydrogen) atoms. The lowest BCUT2D eigenvalue weighted by molar-refractivity contribution is -0.0390. The van der Waals surface area contributed by atoms with E-state index < -0.39 is 0 Å². The van der Waals surface area contributed by atoms with Crippen molar-refractivity contribution in [2.45, 2.75) is 52.4 Å². The molecule has 0 atom stereocenters. The summed E-state index contributed by atoms with van der Waals surface area (Å²) in [6.07, 6.45) is 3.30. The van der Waals surface area contributed by atoms with Crippen molar-refractivity contribution >= 4 is 5.96 Å². The van der Waals surface area contributed by atoms with Crippen LogP contribution in [0.4, 0.5) is 0 Å². The van der Waals surface area contributed by atoms with Crippen molar-refractivity contribution in [1.82, 2.24) is 10.6 Å². The number of benzene rings is 1. The van der Waals surface area contributed by atoms with Crippen LogP contribution in [0.5, 0.6) is 0 Å². The largest absolute Gasteiger partial charge is 0.381 e. The Morgan fingerprint density at radius 2 is 1.86 bits per heavy atom. The summed E-state index contributed by atoms with van der Waals surface area (Å²) < 4.78 is 16.9. The highest BCUT2D eigenvalue weighted by Gasteiger charge is 2.13. The summed E-state index contributed by atoms with van der Waals surface area (Å²) in [5, 5.41) is 6.68. The molecule has 1 saturated heterocycles. The molecule has 1 aliphatic heterocycles. The number of hydrogen-bond acceptors (Lipinski definition) is 4. The molecule has 2 rings (SSSR count). The summed E-state index contributed by atoms with van der Waals surface area (Å²) in [6, 6.07) is 8.56. The van der Waals surface area contributed by atoms with E-state index in [0.717, 1.165) is 64.7 Å². The average molecular weight is 392 g/mol. The van der Waals surface area contributed by atoms with Gasteiger partial charge in [-0.05, 0) is 36.3 Å². The number of ether oxygens (including phenoxy) is 3. The zero-order valence-electron chi connectivity index (χ0n) is 17.7. The molecule has 1 aromatic rings. The molecule has 0 spiro atoms. The smallest absolute Gasteiger partial charge is 0.191 e. The first kappa shape index (κ1) is 22.7. The minimum Gasteiger partial charge on any atom is -0.381 e. The zero-order chi connectivity index (χ0) is 20.0. The number of rotatable bonds is 11. The van der Waals surface area contributed by atoms with Crippen LogP contribution < -0.4 is 10.6 Å². The van der Waals surface area contributed by atoms with Crippen LogP contribution in [-0.4, -0.2) is 52.1 Å². The van der Waals surface area contributed by atoms with Crippen molar-refractivity contribution < 1.29 is 14.2 Å². The van der Waals surface area contributed by atoms with E-state index >= 15 is 0 Å². The molecule has 1 fully saturated rings. The topological polar surface area (TPSA) is 64.1 Å². The van der Waals surface area contributed by atoms with Crippen LogP contribution in [0.25, 0.3) is 0 Å². The summed E-state index contributed by atoms with van der Waals surface area (Å²) in [6.45, 7) is 9.81. The van der Waals surface area contributed by atoms with Gasteiger partial charge in [0.2, 0.25) is 0 Å². The number of guanidine groups is 1. The van der Waals surface area contributed by atoms with E-state index in [1.54, 1.807) is 7.05 Å². The molecule has 0 bridgehead atoms. The molecule has 1 aliphatic rings. The molecular formula is C22H37N3O3. The van der Waals surface area contributed by atoms with Gasteiger partial charge in [0.25, 0.3) is 0 Å². The highest BCUT2D eigenvalue weighted by molar-refractivity contribution is 5.79. The second kappa shape index (κ2) is 13.5. The third-order valence-electron chi connectivity index (χ3n) is 4.57. The van der Waals surface area contributed by atoms with Gasteiger partial charge in [-0.15, -0.1) is 0 Å². The monoisotopic (exact) mass is 391 g/mol. The van der Waals surface area contributed by atoms with Crippen molar-refractivity contribution in [2.24, 2.45) is 10.9 Å². The van der Waals surface area contributed by atoms with Crippen LogP contribution in [0, 0.1) is 5.92 Å². The molecule has 158 valence electrons. The molecule has 0 aliphatic carbocycles. The van der Waals surface area contributed by atoms with E-state index in [0.29, 0.717) is 18.6 Å². The van der Waals surface area contributed by atoms with E-state index in [4.69, 9.17) is 14.2 Å². The summed E-state index contributed by atoms with van der Waals surface area (Å²) in [4.78, 5) is 4.27. The Kier molecular flexibility index (Phi) is 10.9. The van der Waals surface area contributed by atoms with Crippen LogP contribution in [0.3, 0.4) is 0 Å². The normalized spacial score (nSPS) is 15.8. The molecule has 1 heterocycles. The number of nitrogens with zero attached hydrogens (tertiary/aromatic N) is 1. The first-order valence-corrected chi connectivity index (χ1v) is 10.5. The minimum atomic E-state index is 0.334. The standard InChI is InChI=1S/C22H37N3O3/c1-18(2)16-27-12-4-11-24-22(23-3)25-15-19-5-7-20(8-6-19)17-28-21-9-13-26-14-10-21/h5-8,18,21H,4,9-17H2,1-3H3,(H2,23,24,25). The first-order valence-electron chi connectivity index (χ1n) is 10.5. The van der Waals surface area contributed by atoms with Gasteiger partial charge in [-0.3, -0.25) is 4.99 Å². The fourth-order valence-electron chi connectivity index (χ4n) is 2.92. The molecule has 0 aromatic heterocycles. The van der Waals surface area contributed by atoms with Gasteiger partial charge in [0.05, 0.1) is 12.7 Å².